The highest BCUT2D eigenvalue weighted by atomic mass is 16.7. The van der Waals surface area contributed by atoms with Crippen molar-refractivity contribution >= 4 is 0 Å². The molecule has 2 rings (SSSR count). The second-order valence-corrected chi connectivity index (χ2v) is 7.37. The van der Waals surface area contributed by atoms with E-state index in [1.165, 1.54) is 0 Å². The smallest absolute Gasteiger partial charge is 0.186 e. The fraction of sp³-hybridized carbons (Fsp3) is 1.00. The Balaban J connectivity index is 2.04. The highest BCUT2D eigenvalue weighted by Crippen LogP contribution is 2.38. The summed E-state index contributed by atoms with van der Waals surface area (Å²) in [5.74, 6) is -0.0169. The van der Waals surface area contributed by atoms with E-state index in [4.69, 9.17) is 9.47 Å². The molecule has 0 spiro atoms. The molecule has 8 heteroatoms. The Hall–Kier alpha value is -0.320. The summed E-state index contributed by atoms with van der Waals surface area (Å²) in [6.45, 7) is 2.71. The zero-order valence-electron chi connectivity index (χ0n) is 14.2. The fourth-order valence-corrected chi connectivity index (χ4v) is 3.52. The van der Waals surface area contributed by atoms with Crippen molar-refractivity contribution in [1.82, 2.24) is 0 Å². The summed E-state index contributed by atoms with van der Waals surface area (Å²) in [7, 11) is 0. The Morgan fingerprint density at radius 3 is 2.33 bits per heavy atom. The molecule has 1 unspecified atom stereocenters. The van der Waals surface area contributed by atoms with Gasteiger partial charge in [-0.05, 0) is 38.0 Å². The molecule has 1 saturated heterocycles. The summed E-state index contributed by atoms with van der Waals surface area (Å²) in [6.07, 6.45) is -4.85. The normalized spacial score (nSPS) is 46.5. The van der Waals surface area contributed by atoms with Crippen molar-refractivity contribution in [2.24, 2.45) is 11.8 Å². The monoisotopic (exact) mass is 350 g/mol. The molecule has 0 aromatic carbocycles. The highest BCUT2D eigenvalue weighted by Gasteiger charge is 2.46. The molecule has 1 heterocycles. The molecule has 8 nitrogen and oxygen atoms in total. The molecule has 24 heavy (non-hydrogen) atoms. The molecule has 1 aliphatic heterocycles. The Kier molecular flexibility index (Phi) is 6.60. The van der Waals surface area contributed by atoms with Crippen LogP contribution in [-0.2, 0) is 9.47 Å². The van der Waals surface area contributed by atoms with E-state index in [-0.39, 0.29) is 24.5 Å². The lowest BCUT2D eigenvalue weighted by Crippen LogP contribution is -2.60. The van der Waals surface area contributed by atoms with Crippen molar-refractivity contribution in [3.05, 3.63) is 0 Å². The van der Waals surface area contributed by atoms with Crippen molar-refractivity contribution in [2.45, 2.75) is 75.5 Å². The van der Waals surface area contributed by atoms with E-state index in [0.29, 0.717) is 6.42 Å². The van der Waals surface area contributed by atoms with E-state index in [1.807, 2.05) is 6.92 Å². The highest BCUT2D eigenvalue weighted by molar-refractivity contribution is 4.92. The van der Waals surface area contributed by atoms with E-state index >= 15 is 0 Å². The number of rotatable bonds is 5. The van der Waals surface area contributed by atoms with Gasteiger partial charge in [-0.1, -0.05) is 6.92 Å². The van der Waals surface area contributed by atoms with Gasteiger partial charge < -0.3 is 40.1 Å². The predicted octanol–water partition coefficient (Wildman–Crippen LogP) is -1.65. The summed E-state index contributed by atoms with van der Waals surface area (Å²) in [5, 5.41) is 58.6. The van der Waals surface area contributed by atoms with Crippen LogP contribution in [0.2, 0.25) is 0 Å². The van der Waals surface area contributed by atoms with Gasteiger partial charge in [-0.3, -0.25) is 0 Å². The quantitative estimate of drug-likeness (QED) is 0.347. The average molecular weight is 350 g/mol. The summed E-state index contributed by atoms with van der Waals surface area (Å²) in [5.41, 5.74) is -1.21. The molecular weight excluding hydrogens is 320 g/mol. The third-order valence-corrected chi connectivity index (χ3v) is 5.48. The molecule has 1 aliphatic carbocycles. The Bertz CT molecular complexity index is 402. The molecule has 6 N–H and O–H groups in total. The molecule has 0 radical (unpaired) electrons. The molecular formula is C16H30O8. The standard InChI is InChI=1S/C16H30O8/c1-8-3-4-9(16(2,22)7-18)5-10(8)23-15-14(21)13(20)12(19)11(6-17)24-15/h8-15,17-22H,3-7H2,1-2H3/t8-,9+,10+,11+,12+,13-,14+,15+,16?/m0/s1. The van der Waals surface area contributed by atoms with Gasteiger partial charge in [-0.2, -0.15) is 0 Å². The van der Waals surface area contributed by atoms with Crippen LogP contribution in [0.15, 0.2) is 0 Å². The second kappa shape index (κ2) is 7.92. The van der Waals surface area contributed by atoms with Crippen LogP contribution in [0.3, 0.4) is 0 Å². The number of hydrogen-bond acceptors (Lipinski definition) is 8. The van der Waals surface area contributed by atoms with Gasteiger partial charge in [0.2, 0.25) is 0 Å². The molecule has 2 fully saturated rings. The van der Waals surface area contributed by atoms with Crippen LogP contribution in [0, 0.1) is 11.8 Å². The maximum atomic E-state index is 10.3. The van der Waals surface area contributed by atoms with Crippen LogP contribution in [0.5, 0.6) is 0 Å². The molecule has 0 bridgehead atoms. The lowest BCUT2D eigenvalue weighted by Gasteiger charge is -2.45. The number of ether oxygens (including phenoxy) is 2. The van der Waals surface area contributed by atoms with Crippen LogP contribution in [-0.4, -0.2) is 86.3 Å². The third-order valence-electron chi connectivity index (χ3n) is 5.48. The van der Waals surface area contributed by atoms with Crippen LogP contribution in [0.4, 0.5) is 0 Å². The van der Waals surface area contributed by atoms with Gasteiger partial charge >= 0.3 is 0 Å². The summed E-state index contributed by atoms with van der Waals surface area (Å²) < 4.78 is 11.2. The van der Waals surface area contributed by atoms with E-state index < -0.39 is 42.9 Å². The maximum Gasteiger partial charge on any atom is 0.186 e. The second-order valence-electron chi connectivity index (χ2n) is 7.37. The van der Waals surface area contributed by atoms with Crippen LogP contribution in [0.1, 0.15) is 33.1 Å². The summed E-state index contributed by atoms with van der Waals surface area (Å²) >= 11 is 0. The van der Waals surface area contributed by atoms with Gasteiger partial charge in [0, 0.05) is 0 Å². The average Bonchev–Trinajstić information content (AvgIpc) is 2.56. The first-order valence-electron chi connectivity index (χ1n) is 8.50. The summed E-state index contributed by atoms with van der Waals surface area (Å²) in [4.78, 5) is 0. The molecule has 1 saturated carbocycles. The van der Waals surface area contributed by atoms with Crippen molar-refractivity contribution in [3.8, 4) is 0 Å². The molecule has 0 amide bonds. The molecule has 9 atom stereocenters. The molecule has 142 valence electrons. The minimum absolute atomic E-state index is 0.142. The zero-order valence-corrected chi connectivity index (χ0v) is 14.2. The Labute approximate surface area is 141 Å². The van der Waals surface area contributed by atoms with E-state index in [0.717, 1.165) is 12.8 Å². The molecule has 0 aromatic heterocycles. The fourth-order valence-electron chi connectivity index (χ4n) is 3.52. The third kappa shape index (κ3) is 4.08. The van der Waals surface area contributed by atoms with Crippen molar-refractivity contribution in [2.75, 3.05) is 13.2 Å². The van der Waals surface area contributed by atoms with Gasteiger partial charge in [0.15, 0.2) is 6.29 Å². The van der Waals surface area contributed by atoms with Crippen LogP contribution in [0.25, 0.3) is 0 Å². The van der Waals surface area contributed by atoms with Gasteiger partial charge in [0.25, 0.3) is 0 Å². The zero-order chi connectivity index (χ0) is 18.1. The van der Waals surface area contributed by atoms with Crippen molar-refractivity contribution in [3.63, 3.8) is 0 Å². The van der Waals surface area contributed by atoms with Gasteiger partial charge in [0.05, 0.1) is 24.9 Å². The maximum absolute atomic E-state index is 10.3. The van der Waals surface area contributed by atoms with Crippen molar-refractivity contribution in [1.29, 1.82) is 0 Å². The molecule has 0 aromatic rings. The van der Waals surface area contributed by atoms with E-state index in [9.17, 15) is 30.6 Å². The van der Waals surface area contributed by atoms with E-state index in [1.54, 1.807) is 6.92 Å². The van der Waals surface area contributed by atoms with Gasteiger partial charge in [-0.15, -0.1) is 0 Å². The number of hydrogen-bond donors (Lipinski definition) is 6. The first kappa shape index (κ1) is 20.0. The first-order chi connectivity index (χ1) is 11.2. The van der Waals surface area contributed by atoms with Crippen molar-refractivity contribution < 1.29 is 40.1 Å². The van der Waals surface area contributed by atoms with Gasteiger partial charge in [-0.25, -0.2) is 0 Å². The number of aliphatic hydroxyl groups is 6. The van der Waals surface area contributed by atoms with E-state index in [2.05, 4.69) is 0 Å². The lowest BCUT2D eigenvalue weighted by molar-refractivity contribution is -0.318. The summed E-state index contributed by atoms with van der Waals surface area (Å²) in [6, 6.07) is 0. The predicted molar refractivity (Wildman–Crippen MR) is 82.9 cm³/mol. The van der Waals surface area contributed by atoms with Crippen LogP contribution >= 0.6 is 0 Å². The topological polar surface area (TPSA) is 140 Å². The van der Waals surface area contributed by atoms with Crippen LogP contribution < -0.4 is 0 Å². The minimum Gasteiger partial charge on any atom is -0.394 e. The minimum atomic E-state index is -1.48. The lowest BCUT2D eigenvalue weighted by atomic mass is 9.73. The molecule has 2 aliphatic rings. The Morgan fingerprint density at radius 2 is 1.75 bits per heavy atom. The largest absolute Gasteiger partial charge is 0.394 e. The number of aliphatic hydroxyl groups excluding tert-OH is 5. The van der Waals surface area contributed by atoms with Gasteiger partial charge in [0.1, 0.15) is 24.4 Å². The Morgan fingerprint density at radius 1 is 1.08 bits per heavy atom. The SMILES string of the molecule is C[C@H]1CC[C@@H](C(C)(O)CO)C[C@H]1O[C@@H]1O[C@H](CO)[C@@H](O)[C@H](O)[C@H]1O. The first-order valence-corrected chi connectivity index (χ1v) is 8.50.